The molecular weight excluding hydrogens is 376 g/mol. The van der Waals surface area contributed by atoms with Crippen LogP contribution in [0.4, 0.5) is 0 Å². The molecular formula is C18H17ClN2O2S2. The van der Waals surface area contributed by atoms with Crippen molar-refractivity contribution >= 4 is 40.2 Å². The number of nitrogens with zero attached hydrogens (tertiary/aromatic N) is 2. The van der Waals surface area contributed by atoms with Gasteiger partial charge in [-0.15, -0.1) is 11.3 Å². The summed E-state index contributed by atoms with van der Waals surface area (Å²) in [5, 5.41) is 7.59. The van der Waals surface area contributed by atoms with Gasteiger partial charge in [0.05, 0.1) is 19.2 Å². The van der Waals surface area contributed by atoms with Crippen LogP contribution in [-0.4, -0.2) is 29.9 Å². The molecule has 3 rings (SSSR count). The number of likely N-dealkylation sites (N-methyl/N-ethyl adjacent to an activating group) is 1. The molecule has 0 atom stereocenters. The van der Waals surface area contributed by atoms with Gasteiger partial charge in [-0.05, 0) is 29.6 Å². The van der Waals surface area contributed by atoms with Gasteiger partial charge < -0.3 is 9.64 Å². The fourth-order valence-corrected chi connectivity index (χ4v) is 4.14. The molecule has 0 fully saturated rings. The fraction of sp³-hybridized carbons (Fsp3) is 0.222. The van der Waals surface area contributed by atoms with Gasteiger partial charge in [0.15, 0.2) is 0 Å². The average molecular weight is 393 g/mol. The van der Waals surface area contributed by atoms with Crippen molar-refractivity contribution < 1.29 is 9.53 Å². The first-order valence-electron chi connectivity index (χ1n) is 7.60. The van der Waals surface area contributed by atoms with Gasteiger partial charge >= 0.3 is 0 Å². The molecule has 0 aliphatic heterocycles. The minimum atomic E-state index is 0.00389. The summed E-state index contributed by atoms with van der Waals surface area (Å²) >= 11 is 9.25. The monoisotopic (exact) mass is 392 g/mol. The number of hydrogen-bond acceptors (Lipinski definition) is 5. The highest BCUT2D eigenvalue weighted by molar-refractivity contribution is 7.14. The van der Waals surface area contributed by atoms with Gasteiger partial charge in [-0.25, -0.2) is 4.98 Å². The molecule has 0 N–H and O–H groups in total. The van der Waals surface area contributed by atoms with Crippen LogP contribution in [0.2, 0.25) is 5.02 Å². The Morgan fingerprint density at radius 1 is 1.32 bits per heavy atom. The molecule has 0 aliphatic carbocycles. The summed E-state index contributed by atoms with van der Waals surface area (Å²) in [6.45, 7) is 0.435. The molecule has 3 aromatic rings. The molecule has 0 bridgehead atoms. The molecule has 0 saturated heterocycles. The largest absolute Gasteiger partial charge is 0.496 e. The lowest BCUT2D eigenvalue weighted by atomic mass is 10.2. The maximum Gasteiger partial charge on any atom is 0.228 e. The molecule has 0 spiro atoms. The molecule has 2 aromatic heterocycles. The first kappa shape index (κ1) is 17.9. The first-order chi connectivity index (χ1) is 12.1. The number of hydrogen-bond donors (Lipinski definition) is 0. The zero-order valence-corrected chi connectivity index (χ0v) is 16.2. The van der Waals surface area contributed by atoms with E-state index in [2.05, 4.69) is 10.4 Å². The molecule has 1 amide bonds. The van der Waals surface area contributed by atoms with Crippen molar-refractivity contribution in [1.29, 1.82) is 0 Å². The molecule has 0 aliphatic rings. The quantitative estimate of drug-likeness (QED) is 0.608. The van der Waals surface area contributed by atoms with Crippen LogP contribution in [0, 0.1) is 0 Å². The number of benzene rings is 1. The third-order valence-electron chi connectivity index (χ3n) is 3.73. The van der Waals surface area contributed by atoms with Crippen LogP contribution in [-0.2, 0) is 17.8 Å². The highest BCUT2D eigenvalue weighted by atomic mass is 35.5. The predicted molar refractivity (Wildman–Crippen MR) is 104 cm³/mol. The normalized spacial score (nSPS) is 10.7. The summed E-state index contributed by atoms with van der Waals surface area (Å²) in [6.07, 6.45) is 0.278. The van der Waals surface area contributed by atoms with E-state index in [0.717, 1.165) is 27.6 Å². The highest BCUT2D eigenvalue weighted by Gasteiger charge is 2.15. The number of aromatic nitrogens is 1. The van der Waals surface area contributed by atoms with Crippen LogP contribution in [0.15, 0.2) is 40.4 Å². The third kappa shape index (κ3) is 4.39. The number of amides is 1. The third-order valence-corrected chi connectivity index (χ3v) is 5.59. The van der Waals surface area contributed by atoms with E-state index in [-0.39, 0.29) is 12.3 Å². The fourth-order valence-electron chi connectivity index (χ4n) is 2.41. The van der Waals surface area contributed by atoms with Crippen molar-refractivity contribution in [3.05, 3.63) is 56.7 Å². The Bertz CT molecular complexity index is 862. The van der Waals surface area contributed by atoms with E-state index in [1.807, 2.05) is 29.0 Å². The van der Waals surface area contributed by atoms with Crippen LogP contribution in [0.5, 0.6) is 5.75 Å². The average Bonchev–Trinajstić information content (AvgIpc) is 3.26. The molecule has 2 heterocycles. The number of methoxy groups -OCH3 is 1. The van der Waals surface area contributed by atoms with Gasteiger partial charge in [-0.3, -0.25) is 4.79 Å². The Balaban J connectivity index is 1.66. The van der Waals surface area contributed by atoms with Crippen molar-refractivity contribution in [3.8, 4) is 16.3 Å². The van der Waals surface area contributed by atoms with Crippen molar-refractivity contribution in [2.24, 2.45) is 0 Å². The molecule has 4 nitrogen and oxygen atoms in total. The maximum absolute atomic E-state index is 12.5. The second-order valence-electron chi connectivity index (χ2n) is 5.54. The second-order valence-corrected chi connectivity index (χ2v) is 7.61. The van der Waals surface area contributed by atoms with Crippen molar-refractivity contribution in [3.63, 3.8) is 0 Å². The highest BCUT2D eigenvalue weighted by Crippen LogP contribution is 2.26. The topological polar surface area (TPSA) is 42.4 Å². The van der Waals surface area contributed by atoms with Gasteiger partial charge in [-0.1, -0.05) is 11.6 Å². The van der Waals surface area contributed by atoms with Gasteiger partial charge in [0, 0.05) is 40.5 Å². The van der Waals surface area contributed by atoms with Crippen molar-refractivity contribution in [1.82, 2.24) is 9.88 Å². The number of thiophene rings is 1. The zero-order valence-electron chi connectivity index (χ0n) is 13.9. The van der Waals surface area contributed by atoms with E-state index in [9.17, 15) is 4.79 Å². The minimum Gasteiger partial charge on any atom is -0.496 e. The van der Waals surface area contributed by atoms with Crippen LogP contribution in [0.1, 0.15) is 11.3 Å². The van der Waals surface area contributed by atoms with E-state index < -0.39 is 0 Å². The number of rotatable bonds is 6. The Morgan fingerprint density at radius 2 is 2.16 bits per heavy atom. The predicted octanol–water partition coefficient (Wildman–Crippen LogP) is 4.73. The van der Waals surface area contributed by atoms with Crippen LogP contribution >= 0.6 is 34.3 Å². The second kappa shape index (κ2) is 7.99. The van der Waals surface area contributed by atoms with E-state index in [4.69, 9.17) is 16.3 Å². The van der Waals surface area contributed by atoms with Crippen molar-refractivity contribution in [2.45, 2.75) is 13.0 Å². The smallest absolute Gasteiger partial charge is 0.228 e. The van der Waals surface area contributed by atoms with Gasteiger partial charge in [0.2, 0.25) is 5.91 Å². The molecule has 7 heteroatoms. The van der Waals surface area contributed by atoms with Crippen LogP contribution in [0.3, 0.4) is 0 Å². The van der Waals surface area contributed by atoms with Crippen molar-refractivity contribution in [2.75, 3.05) is 14.2 Å². The minimum absolute atomic E-state index is 0.00389. The number of carbonyl (C=O) groups excluding carboxylic acids is 1. The van der Waals surface area contributed by atoms with E-state index >= 15 is 0 Å². The Hall–Kier alpha value is -1.89. The standard InChI is InChI=1S/C18H17ClN2O2S2/c1-21(9-13-7-14(19)3-4-16(13)23-2)17(22)8-15-11-25-18(20-15)12-5-6-24-10-12/h3-7,10-11H,8-9H2,1-2H3. The molecule has 25 heavy (non-hydrogen) atoms. The Morgan fingerprint density at radius 3 is 2.88 bits per heavy atom. The van der Waals surface area contributed by atoms with Gasteiger partial charge in [0.1, 0.15) is 10.8 Å². The number of carbonyl (C=O) groups is 1. The van der Waals surface area contributed by atoms with Crippen LogP contribution in [0.25, 0.3) is 10.6 Å². The summed E-state index contributed by atoms with van der Waals surface area (Å²) < 4.78 is 5.34. The lowest BCUT2D eigenvalue weighted by molar-refractivity contribution is -0.129. The maximum atomic E-state index is 12.5. The summed E-state index contributed by atoms with van der Waals surface area (Å²) in [5.41, 5.74) is 2.77. The number of halogens is 1. The van der Waals surface area contributed by atoms with Gasteiger partial charge in [-0.2, -0.15) is 11.3 Å². The Labute approximate surface area is 159 Å². The van der Waals surface area contributed by atoms with E-state index in [0.29, 0.717) is 11.6 Å². The van der Waals surface area contributed by atoms with Crippen LogP contribution < -0.4 is 4.74 Å². The van der Waals surface area contributed by atoms with Gasteiger partial charge in [0.25, 0.3) is 0 Å². The number of ether oxygens (including phenoxy) is 1. The molecule has 0 saturated carbocycles. The lowest BCUT2D eigenvalue weighted by Crippen LogP contribution is -2.28. The SMILES string of the molecule is COc1ccc(Cl)cc1CN(C)C(=O)Cc1csc(-c2ccsc2)n1. The first-order valence-corrected chi connectivity index (χ1v) is 9.80. The van der Waals surface area contributed by atoms with E-state index in [1.165, 1.54) is 0 Å². The Kier molecular flexibility index (Phi) is 5.73. The molecule has 130 valence electrons. The summed E-state index contributed by atoms with van der Waals surface area (Å²) in [7, 11) is 3.38. The summed E-state index contributed by atoms with van der Waals surface area (Å²) in [4.78, 5) is 18.7. The molecule has 1 aromatic carbocycles. The molecule has 0 radical (unpaired) electrons. The van der Waals surface area contributed by atoms with E-state index in [1.54, 1.807) is 47.8 Å². The number of thiazole rings is 1. The zero-order chi connectivity index (χ0) is 17.8. The summed E-state index contributed by atoms with van der Waals surface area (Å²) in [6, 6.07) is 7.44. The molecule has 0 unspecified atom stereocenters. The summed E-state index contributed by atoms with van der Waals surface area (Å²) in [5.74, 6) is 0.724. The lowest BCUT2D eigenvalue weighted by Gasteiger charge is -2.18.